The van der Waals surface area contributed by atoms with E-state index in [9.17, 15) is 9.59 Å². The summed E-state index contributed by atoms with van der Waals surface area (Å²) >= 11 is 0. The Morgan fingerprint density at radius 2 is 1.43 bits per heavy atom. The molecule has 0 aromatic heterocycles. The summed E-state index contributed by atoms with van der Waals surface area (Å²) in [7, 11) is 0. The summed E-state index contributed by atoms with van der Waals surface area (Å²) in [5.74, 6) is -0.953. The average Bonchev–Trinajstić information content (AvgIpc) is 2.89. The van der Waals surface area contributed by atoms with Crippen LogP contribution in [0.25, 0.3) is 0 Å². The predicted octanol–water partition coefficient (Wildman–Crippen LogP) is 4.36. The molecule has 1 heterocycles. The third-order valence-corrected chi connectivity index (χ3v) is 5.75. The van der Waals surface area contributed by atoms with Crippen LogP contribution in [0.1, 0.15) is 37.8 Å². The fourth-order valence-corrected chi connectivity index (χ4v) is 4.01. The molecule has 0 aliphatic carbocycles. The Morgan fingerprint density at radius 1 is 0.838 bits per heavy atom. The number of rotatable bonds is 14. The number of hydrogen-bond acceptors (Lipinski definition) is 8. The van der Waals surface area contributed by atoms with Gasteiger partial charge in [-0.05, 0) is 24.0 Å². The fraction of sp³-hybridized carbons (Fsp3) is 0.448. The predicted molar refractivity (Wildman–Crippen MR) is 136 cm³/mol. The van der Waals surface area contributed by atoms with E-state index in [0.29, 0.717) is 6.61 Å². The van der Waals surface area contributed by atoms with E-state index in [1.54, 1.807) is 0 Å². The summed E-state index contributed by atoms with van der Waals surface area (Å²) < 4.78 is 35.9. The van der Waals surface area contributed by atoms with Gasteiger partial charge in [0.05, 0.1) is 19.8 Å². The van der Waals surface area contributed by atoms with E-state index in [-0.39, 0.29) is 19.8 Å². The van der Waals surface area contributed by atoms with E-state index in [4.69, 9.17) is 28.4 Å². The van der Waals surface area contributed by atoms with Crippen molar-refractivity contribution in [2.75, 3.05) is 13.2 Å². The van der Waals surface area contributed by atoms with Gasteiger partial charge in [-0.3, -0.25) is 9.59 Å². The van der Waals surface area contributed by atoms with Crippen LogP contribution in [0.15, 0.2) is 73.3 Å². The number of benzene rings is 2. The van der Waals surface area contributed by atoms with Gasteiger partial charge >= 0.3 is 11.9 Å². The van der Waals surface area contributed by atoms with Gasteiger partial charge in [0.1, 0.15) is 24.9 Å². The van der Waals surface area contributed by atoms with Crippen molar-refractivity contribution in [1.82, 2.24) is 0 Å². The first-order chi connectivity index (χ1) is 18.0. The highest BCUT2D eigenvalue weighted by Gasteiger charge is 2.50. The highest BCUT2D eigenvalue weighted by atomic mass is 16.7. The molecule has 1 saturated heterocycles. The van der Waals surface area contributed by atoms with Crippen molar-refractivity contribution in [3.63, 3.8) is 0 Å². The lowest BCUT2D eigenvalue weighted by Gasteiger charge is -2.45. The van der Waals surface area contributed by atoms with E-state index in [1.165, 1.54) is 13.8 Å². The van der Waals surface area contributed by atoms with E-state index in [0.717, 1.165) is 24.0 Å². The molecule has 0 radical (unpaired) electrons. The molecule has 8 heteroatoms. The molecule has 2 aromatic carbocycles. The van der Waals surface area contributed by atoms with Crippen molar-refractivity contribution in [2.45, 2.75) is 70.6 Å². The minimum atomic E-state index is -0.880. The second-order valence-electron chi connectivity index (χ2n) is 8.74. The van der Waals surface area contributed by atoms with Gasteiger partial charge in [-0.1, -0.05) is 66.7 Å². The lowest BCUT2D eigenvalue weighted by molar-refractivity contribution is -0.320. The summed E-state index contributed by atoms with van der Waals surface area (Å²) in [5.41, 5.74) is 1.87. The van der Waals surface area contributed by atoms with Crippen LogP contribution in [-0.2, 0) is 51.2 Å². The zero-order chi connectivity index (χ0) is 26.5. The Hall–Kier alpha value is -3.04. The molecular weight excluding hydrogens is 476 g/mol. The van der Waals surface area contributed by atoms with Gasteiger partial charge in [0.2, 0.25) is 0 Å². The first kappa shape index (κ1) is 28.5. The van der Waals surface area contributed by atoms with Crippen molar-refractivity contribution < 1.29 is 38.0 Å². The zero-order valence-electron chi connectivity index (χ0n) is 21.5. The van der Waals surface area contributed by atoms with Gasteiger partial charge in [-0.2, -0.15) is 0 Å². The Kier molecular flexibility index (Phi) is 11.8. The Morgan fingerprint density at radius 3 is 1.97 bits per heavy atom. The summed E-state index contributed by atoms with van der Waals surface area (Å²) in [5, 5.41) is 0. The maximum Gasteiger partial charge on any atom is 0.303 e. The number of ether oxygens (including phenoxy) is 6. The van der Waals surface area contributed by atoms with E-state index < -0.39 is 42.6 Å². The van der Waals surface area contributed by atoms with Gasteiger partial charge in [-0.25, -0.2) is 0 Å². The molecule has 0 bridgehead atoms. The molecule has 0 unspecified atom stereocenters. The number of carbonyl (C=O) groups excluding carboxylic acids is 2. The Labute approximate surface area is 218 Å². The molecule has 200 valence electrons. The molecule has 3 rings (SSSR count). The van der Waals surface area contributed by atoms with Crippen LogP contribution in [0.5, 0.6) is 0 Å². The van der Waals surface area contributed by atoms with Gasteiger partial charge in [-0.15, -0.1) is 6.58 Å². The van der Waals surface area contributed by atoms with Gasteiger partial charge in [0.25, 0.3) is 0 Å². The van der Waals surface area contributed by atoms with Crippen LogP contribution >= 0.6 is 0 Å². The second-order valence-corrected chi connectivity index (χ2v) is 8.74. The lowest BCUT2D eigenvalue weighted by Crippen LogP contribution is -2.62. The van der Waals surface area contributed by atoms with Gasteiger partial charge < -0.3 is 28.4 Å². The smallest absolute Gasteiger partial charge is 0.303 e. The van der Waals surface area contributed by atoms with Gasteiger partial charge in [0, 0.05) is 13.8 Å². The number of allylic oxidation sites excluding steroid dienone is 1. The summed E-state index contributed by atoms with van der Waals surface area (Å²) in [6.07, 6.45) is -0.756. The molecule has 1 aliphatic heterocycles. The normalized spacial score (nSPS) is 23.2. The van der Waals surface area contributed by atoms with Crippen LogP contribution in [0, 0.1) is 0 Å². The highest BCUT2D eigenvalue weighted by molar-refractivity contribution is 5.66. The molecule has 0 saturated carbocycles. The first-order valence-corrected chi connectivity index (χ1v) is 12.5. The number of esters is 2. The van der Waals surface area contributed by atoms with Crippen LogP contribution in [0.3, 0.4) is 0 Å². The molecule has 1 aliphatic rings. The SMILES string of the molecule is C=CCCCO[C@@H]1O[C@H](COC(C)=O)[C@H](OCc2ccccc2)[C@H](OC(C)=O)[C@H]1OCc1ccccc1. The standard InChI is InChI=1S/C29H36O8/c1-4-5-12-17-32-29-28(35-19-24-15-10-7-11-16-24)27(36-22(3)31)26(25(37-29)20-33-21(2)30)34-18-23-13-8-6-9-14-23/h4,6-11,13-16,25-29H,1,5,12,17-20H2,2-3H3/t25-,26+,27+,28-,29-/m1/s1. The minimum absolute atomic E-state index is 0.0928. The highest BCUT2D eigenvalue weighted by Crippen LogP contribution is 2.31. The maximum absolute atomic E-state index is 12.2. The van der Waals surface area contributed by atoms with E-state index in [2.05, 4.69) is 6.58 Å². The molecule has 37 heavy (non-hydrogen) atoms. The quantitative estimate of drug-likeness (QED) is 0.210. The van der Waals surface area contributed by atoms with Crippen LogP contribution in [-0.4, -0.2) is 55.9 Å². The first-order valence-electron chi connectivity index (χ1n) is 12.5. The van der Waals surface area contributed by atoms with Crippen LogP contribution in [0.4, 0.5) is 0 Å². The number of unbranched alkanes of at least 4 members (excludes halogenated alkanes) is 1. The molecular formula is C29H36O8. The monoisotopic (exact) mass is 512 g/mol. The third-order valence-electron chi connectivity index (χ3n) is 5.75. The van der Waals surface area contributed by atoms with E-state index in [1.807, 2.05) is 66.7 Å². The fourth-order valence-electron chi connectivity index (χ4n) is 4.01. The van der Waals surface area contributed by atoms with E-state index >= 15 is 0 Å². The molecule has 0 amide bonds. The summed E-state index contributed by atoms with van der Waals surface area (Å²) in [4.78, 5) is 23.8. The third kappa shape index (κ3) is 9.40. The Balaban J connectivity index is 1.88. The number of carbonyl (C=O) groups is 2. The molecule has 5 atom stereocenters. The molecule has 0 N–H and O–H groups in total. The topological polar surface area (TPSA) is 89.5 Å². The summed E-state index contributed by atoms with van der Waals surface area (Å²) in [6, 6.07) is 19.3. The molecule has 1 fully saturated rings. The van der Waals surface area contributed by atoms with Crippen molar-refractivity contribution in [1.29, 1.82) is 0 Å². The van der Waals surface area contributed by atoms with Crippen molar-refractivity contribution >= 4 is 11.9 Å². The minimum Gasteiger partial charge on any atom is -0.463 e. The van der Waals surface area contributed by atoms with Crippen LogP contribution < -0.4 is 0 Å². The largest absolute Gasteiger partial charge is 0.463 e. The van der Waals surface area contributed by atoms with Crippen LogP contribution in [0.2, 0.25) is 0 Å². The summed E-state index contributed by atoms with van der Waals surface area (Å²) in [6.45, 7) is 7.17. The zero-order valence-corrected chi connectivity index (χ0v) is 21.5. The average molecular weight is 513 g/mol. The van der Waals surface area contributed by atoms with Crippen molar-refractivity contribution in [2.24, 2.45) is 0 Å². The number of hydrogen-bond donors (Lipinski definition) is 0. The second kappa shape index (κ2) is 15.3. The Bertz CT molecular complexity index is 964. The molecule has 8 nitrogen and oxygen atoms in total. The van der Waals surface area contributed by atoms with Crippen molar-refractivity contribution in [3.8, 4) is 0 Å². The van der Waals surface area contributed by atoms with Gasteiger partial charge in [0.15, 0.2) is 12.4 Å². The maximum atomic E-state index is 12.2. The van der Waals surface area contributed by atoms with Crippen molar-refractivity contribution in [3.05, 3.63) is 84.4 Å². The molecule has 0 spiro atoms. The molecule has 2 aromatic rings. The lowest BCUT2D eigenvalue weighted by atomic mass is 9.98.